The summed E-state index contributed by atoms with van der Waals surface area (Å²) in [7, 11) is 1.28. The third-order valence-corrected chi connectivity index (χ3v) is 3.83. The molecule has 7 heteroatoms. The number of rotatable bonds is 2. The molecule has 0 unspecified atom stereocenters. The maximum atomic E-state index is 12.5. The van der Waals surface area contributed by atoms with Crippen LogP contribution in [0.25, 0.3) is 0 Å². The highest BCUT2D eigenvalue weighted by Gasteiger charge is 2.37. The van der Waals surface area contributed by atoms with Gasteiger partial charge in [-0.2, -0.15) is 0 Å². The van der Waals surface area contributed by atoms with Crippen molar-refractivity contribution in [1.29, 1.82) is 0 Å². The number of hydrogen-bond acceptors (Lipinski definition) is 7. The molecule has 3 rings (SSSR count). The van der Waals surface area contributed by atoms with Gasteiger partial charge in [0, 0.05) is 25.0 Å². The standard InChI is InChI=1S/C17H14O7/c1-7-4-9-5-10-14(11(19)6-12(22-3)15(10)20)16(24-8(2)18)13(9)17(21)23-7/h5-7H,4H2,1-3H3/t7-/m1/s1. The lowest BCUT2D eigenvalue weighted by atomic mass is 9.85. The molecule has 2 aliphatic rings. The first-order valence-corrected chi connectivity index (χ1v) is 7.27. The van der Waals surface area contributed by atoms with E-state index >= 15 is 0 Å². The van der Waals surface area contributed by atoms with Gasteiger partial charge >= 0.3 is 11.9 Å². The molecule has 0 amide bonds. The summed E-state index contributed by atoms with van der Waals surface area (Å²) in [4.78, 5) is 48.6. The van der Waals surface area contributed by atoms with Gasteiger partial charge in [-0.3, -0.25) is 14.4 Å². The highest BCUT2D eigenvalue weighted by molar-refractivity contribution is 6.26. The Morgan fingerprint density at radius 2 is 1.96 bits per heavy atom. The average molecular weight is 330 g/mol. The van der Waals surface area contributed by atoms with Crippen LogP contribution >= 0.6 is 0 Å². The maximum absolute atomic E-state index is 12.5. The number of esters is 2. The molecule has 1 heterocycles. The van der Waals surface area contributed by atoms with Gasteiger partial charge in [-0.1, -0.05) is 0 Å². The lowest BCUT2D eigenvalue weighted by Gasteiger charge is -2.26. The van der Waals surface area contributed by atoms with Crippen molar-refractivity contribution in [1.82, 2.24) is 0 Å². The molecule has 0 spiro atoms. The summed E-state index contributed by atoms with van der Waals surface area (Å²) in [5.74, 6) is -2.81. The van der Waals surface area contributed by atoms with E-state index < -0.39 is 23.5 Å². The van der Waals surface area contributed by atoms with Crippen molar-refractivity contribution in [3.8, 4) is 5.75 Å². The van der Waals surface area contributed by atoms with Crippen LogP contribution in [-0.2, 0) is 20.7 Å². The lowest BCUT2D eigenvalue weighted by molar-refractivity contribution is -0.131. The van der Waals surface area contributed by atoms with E-state index in [1.54, 1.807) is 6.92 Å². The number of carbonyl (C=O) groups is 4. The van der Waals surface area contributed by atoms with E-state index in [0.29, 0.717) is 12.0 Å². The first-order valence-electron chi connectivity index (χ1n) is 7.27. The minimum Gasteiger partial charge on any atom is -0.492 e. The number of carbonyl (C=O) groups excluding carboxylic acids is 4. The number of Topliss-reactive ketones (excluding diaryl/α,β-unsaturated/α-hetero) is 1. The molecular formula is C17H14O7. The van der Waals surface area contributed by atoms with Gasteiger partial charge in [0.1, 0.15) is 11.7 Å². The maximum Gasteiger partial charge on any atom is 0.342 e. The summed E-state index contributed by atoms with van der Waals surface area (Å²) in [6, 6.07) is 1.47. The van der Waals surface area contributed by atoms with Crippen molar-refractivity contribution >= 4 is 23.5 Å². The summed E-state index contributed by atoms with van der Waals surface area (Å²) < 4.78 is 15.2. The van der Waals surface area contributed by atoms with Gasteiger partial charge in [-0.25, -0.2) is 4.79 Å². The molecule has 0 N–H and O–H groups in total. The van der Waals surface area contributed by atoms with Gasteiger partial charge in [-0.05, 0) is 18.6 Å². The zero-order valence-electron chi connectivity index (χ0n) is 13.3. The molecule has 124 valence electrons. The molecule has 0 fully saturated rings. The minimum atomic E-state index is -0.709. The molecular weight excluding hydrogens is 316 g/mol. The molecule has 24 heavy (non-hydrogen) atoms. The molecule has 7 nitrogen and oxygen atoms in total. The number of ether oxygens (including phenoxy) is 3. The van der Waals surface area contributed by atoms with Gasteiger partial charge in [0.2, 0.25) is 5.78 Å². The van der Waals surface area contributed by atoms with Gasteiger partial charge in [0.15, 0.2) is 17.3 Å². The van der Waals surface area contributed by atoms with Crippen LogP contribution in [-0.4, -0.2) is 36.7 Å². The van der Waals surface area contributed by atoms with E-state index in [9.17, 15) is 19.2 Å². The molecule has 1 aromatic carbocycles. The molecule has 0 aromatic heterocycles. The number of benzene rings is 1. The summed E-state index contributed by atoms with van der Waals surface area (Å²) in [6.45, 7) is 2.85. The van der Waals surface area contributed by atoms with Crippen molar-refractivity contribution in [3.63, 3.8) is 0 Å². The normalized spacial score (nSPS) is 19.0. The van der Waals surface area contributed by atoms with Gasteiger partial charge in [0.25, 0.3) is 0 Å². The number of ketones is 2. The van der Waals surface area contributed by atoms with Crippen molar-refractivity contribution in [2.24, 2.45) is 0 Å². The number of methoxy groups -OCH3 is 1. The smallest absolute Gasteiger partial charge is 0.342 e. The van der Waals surface area contributed by atoms with Crippen molar-refractivity contribution in [2.45, 2.75) is 26.4 Å². The monoisotopic (exact) mass is 330 g/mol. The minimum absolute atomic E-state index is 0.0115. The Hall–Kier alpha value is -2.96. The fourth-order valence-corrected chi connectivity index (χ4v) is 2.90. The Labute approximate surface area is 137 Å². The van der Waals surface area contributed by atoms with E-state index in [2.05, 4.69) is 0 Å². The Kier molecular flexibility index (Phi) is 3.71. The largest absolute Gasteiger partial charge is 0.492 e. The first-order chi connectivity index (χ1) is 11.3. The van der Waals surface area contributed by atoms with Crippen LogP contribution in [0.15, 0.2) is 17.9 Å². The van der Waals surface area contributed by atoms with Gasteiger partial charge < -0.3 is 14.2 Å². The molecule has 0 radical (unpaired) electrons. The lowest BCUT2D eigenvalue weighted by Crippen LogP contribution is -2.29. The van der Waals surface area contributed by atoms with Crippen LogP contribution in [0.3, 0.4) is 0 Å². The summed E-state index contributed by atoms with van der Waals surface area (Å²) in [5, 5.41) is 0. The second-order valence-electron chi connectivity index (χ2n) is 5.58. The van der Waals surface area contributed by atoms with E-state index in [4.69, 9.17) is 14.2 Å². The summed E-state index contributed by atoms with van der Waals surface area (Å²) in [6.07, 6.45) is 0.969. The zero-order valence-corrected chi connectivity index (χ0v) is 13.3. The molecule has 1 aliphatic carbocycles. The fraction of sp³-hybridized carbons (Fsp3) is 0.294. The van der Waals surface area contributed by atoms with E-state index in [0.717, 1.165) is 13.0 Å². The Balaban J connectivity index is 2.32. The van der Waals surface area contributed by atoms with E-state index in [1.165, 1.54) is 13.2 Å². The Morgan fingerprint density at radius 1 is 1.25 bits per heavy atom. The topological polar surface area (TPSA) is 96.0 Å². The quantitative estimate of drug-likeness (QED) is 0.600. The highest BCUT2D eigenvalue weighted by Crippen LogP contribution is 2.38. The third kappa shape index (κ3) is 2.38. The molecule has 0 bridgehead atoms. The summed E-state index contributed by atoms with van der Waals surface area (Å²) >= 11 is 0. The fourth-order valence-electron chi connectivity index (χ4n) is 2.90. The van der Waals surface area contributed by atoms with Crippen molar-refractivity contribution in [3.05, 3.63) is 40.2 Å². The number of fused-ring (bicyclic) bond motifs is 2. The predicted molar refractivity (Wildman–Crippen MR) is 80.1 cm³/mol. The van der Waals surface area contributed by atoms with Crippen LogP contribution in [0, 0.1) is 0 Å². The number of cyclic esters (lactones) is 1. The Bertz CT molecular complexity index is 832. The van der Waals surface area contributed by atoms with E-state index in [1.807, 2.05) is 0 Å². The third-order valence-electron chi connectivity index (χ3n) is 3.83. The van der Waals surface area contributed by atoms with Gasteiger partial charge in [-0.15, -0.1) is 0 Å². The van der Waals surface area contributed by atoms with Crippen LogP contribution in [0.1, 0.15) is 50.5 Å². The highest BCUT2D eigenvalue weighted by atomic mass is 16.6. The second kappa shape index (κ2) is 5.59. The number of allylic oxidation sites excluding steroid dienone is 2. The molecule has 0 saturated heterocycles. The molecule has 1 atom stereocenters. The summed E-state index contributed by atoms with van der Waals surface area (Å²) in [5.41, 5.74) is 0.433. The first kappa shape index (κ1) is 15.9. The van der Waals surface area contributed by atoms with E-state index in [-0.39, 0.29) is 34.3 Å². The van der Waals surface area contributed by atoms with Crippen LogP contribution < -0.4 is 4.74 Å². The second-order valence-corrected chi connectivity index (χ2v) is 5.58. The predicted octanol–water partition coefficient (Wildman–Crippen LogP) is 1.62. The average Bonchev–Trinajstić information content (AvgIpc) is 2.49. The molecule has 1 aliphatic heterocycles. The zero-order chi connectivity index (χ0) is 17.6. The van der Waals surface area contributed by atoms with Crippen LogP contribution in [0.5, 0.6) is 5.75 Å². The van der Waals surface area contributed by atoms with Crippen molar-refractivity contribution < 1.29 is 33.4 Å². The van der Waals surface area contributed by atoms with Gasteiger partial charge in [0.05, 0.1) is 12.7 Å². The van der Waals surface area contributed by atoms with Crippen LogP contribution in [0.4, 0.5) is 0 Å². The molecule has 1 aromatic rings. The SMILES string of the molecule is COC1=CC(=O)c2c(cc3c(c2OC(C)=O)C(=O)O[C@H](C)C3)C1=O. The van der Waals surface area contributed by atoms with Crippen molar-refractivity contribution in [2.75, 3.05) is 7.11 Å². The van der Waals surface area contributed by atoms with Crippen LogP contribution in [0.2, 0.25) is 0 Å². The number of hydrogen-bond donors (Lipinski definition) is 0. The Morgan fingerprint density at radius 3 is 2.58 bits per heavy atom. The molecule has 0 saturated carbocycles.